The molecule has 0 fully saturated rings. The maximum atomic E-state index is 13.6. The van der Waals surface area contributed by atoms with Gasteiger partial charge in [0.1, 0.15) is 5.82 Å². The van der Waals surface area contributed by atoms with Gasteiger partial charge in [0.05, 0.1) is 32.9 Å². The molecule has 1 aliphatic heterocycles. The SMILES string of the molecule is CN1C(=O)/C(=C\c2nc3ccc(I)cc3c(=O)n2-c2ccc(Cl)cc2Cl)c2ccccc21. The van der Waals surface area contributed by atoms with Crippen molar-refractivity contribution in [1.82, 2.24) is 9.55 Å². The van der Waals surface area contributed by atoms with Crippen molar-refractivity contribution in [3.05, 3.63) is 96.0 Å². The van der Waals surface area contributed by atoms with Crippen LogP contribution < -0.4 is 10.5 Å². The highest BCUT2D eigenvalue weighted by Crippen LogP contribution is 2.36. The molecule has 0 N–H and O–H groups in total. The fourth-order valence-electron chi connectivity index (χ4n) is 3.83. The zero-order chi connectivity index (χ0) is 22.6. The Kier molecular flexibility index (Phi) is 5.31. The number of rotatable bonds is 2. The van der Waals surface area contributed by atoms with Crippen LogP contribution in [-0.2, 0) is 4.79 Å². The smallest absolute Gasteiger partial charge is 0.266 e. The standard InChI is InChI=1S/C24H14Cl2IN3O2/c1-29-20-5-3-2-4-15(20)16(23(29)31)12-22-28-19-8-7-14(27)11-17(19)24(32)30(22)21-9-6-13(25)10-18(21)26/h2-12H,1H3/b16-12-. The summed E-state index contributed by atoms with van der Waals surface area (Å²) in [4.78, 5) is 32.9. The molecule has 0 radical (unpaired) electrons. The summed E-state index contributed by atoms with van der Waals surface area (Å²) in [6.07, 6.45) is 1.65. The third kappa shape index (κ3) is 3.43. The first-order valence-electron chi connectivity index (χ1n) is 9.62. The number of para-hydroxylation sites is 1. The number of aromatic nitrogens is 2. The van der Waals surface area contributed by atoms with Crippen molar-refractivity contribution < 1.29 is 4.79 Å². The van der Waals surface area contributed by atoms with Gasteiger partial charge in [0.15, 0.2) is 0 Å². The number of halogens is 3. The van der Waals surface area contributed by atoms with Gasteiger partial charge in [-0.05, 0) is 71.1 Å². The maximum Gasteiger partial charge on any atom is 0.266 e. The molecule has 0 saturated carbocycles. The number of amides is 1. The Morgan fingerprint density at radius 1 is 0.969 bits per heavy atom. The van der Waals surface area contributed by atoms with Gasteiger partial charge in [0, 0.05) is 21.2 Å². The molecule has 32 heavy (non-hydrogen) atoms. The van der Waals surface area contributed by atoms with Crippen LogP contribution in [0.4, 0.5) is 5.69 Å². The van der Waals surface area contributed by atoms with Crippen LogP contribution in [-0.4, -0.2) is 22.5 Å². The molecule has 0 saturated heterocycles. The molecule has 1 aliphatic rings. The van der Waals surface area contributed by atoms with Gasteiger partial charge in [-0.2, -0.15) is 0 Å². The molecular weight excluding hydrogens is 560 g/mol. The minimum Gasteiger partial charge on any atom is -0.311 e. The van der Waals surface area contributed by atoms with E-state index in [1.807, 2.05) is 30.3 Å². The zero-order valence-corrected chi connectivity index (χ0v) is 20.3. The van der Waals surface area contributed by atoms with Crippen molar-refractivity contribution >= 4 is 79.9 Å². The number of likely N-dealkylation sites (N-methyl/N-ethyl adjacent to an activating group) is 1. The molecule has 1 aromatic heterocycles. The molecule has 0 spiro atoms. The number of hydrogen-bond acceptors (Lipinski definition) is 3. The average Bonchev–Trinajstić information content (AvgIpc) is 3.01. The second-order valence-electron chi connectivity index (χ2n) is 7.31. The van der Waals surface area contributed by atoms with Crippen molar-refractivity contribution in [3.8, 4) is 5.69 Å². The molecule has 158 valence electrons. The fraction of sp³-hybridized carbons (Fsp3) is 0.0417. The van der Waals surface area contributed by atoms with E-state index in [1.54, 1.807) is 48.4 Å². The zero-order valence-electron chi connectivity index (χ0n) is 16.6. The first-order chi connectivity index (χ1) is 15.3. The van der Waals surface area contributed by atoms with Crippen molar-refractivity contribution in [3.63, 3.8) is 0 Å². The van der Waals surface area contributed by atoms with Gasteiger partial charge in [-0.25, -0.2) is 4.98 Å². The fourth-order valence-corrected chi connectivity index (χ4v) is 4.82. The summed E-state index contributed by atoms with van der Waals surface area (Å²) in [5, 5.41) is 1.22. The summed E-state index contributed by atoms with van der Waals surface area (Å²) in [7, 11) is 1.72. The van der Waals surface area contributed by atoms with E-state index in [0.29, 0.717) is 38.0 Å². The minimum absolute atomic E-state index is 0.170. The highest BCUT2D eigenvalue weighted by Gasteiger charge is 2.30. The Labute approximate surface area is 207 Å². The number of anilines is 1. The predicted molar refractivity (Wildman–Crippen MR) is 138 cm³/mol. The maximum absolute atomic E-state index is 13.6. The predicted octanol–water partition coefficient (Wildman–Crippen LogP) is 5.81. The number of nitrogens with zero attached hydrogens (tertiary/aromatic N) is 3. The van der Waals surface area contributed by atoms with E-state index in [-0.39, 0.29) is 11.5 Å². The third-order valence-electron chi connectivity index (χ3n) is 5.37. The van der Waals surface area contributed by atoms with Crippen molar-refractivity contribution in [2.75, 3.05) is 11.9 Å². The topological polar surface area (TPSA) is 55.2 Å². The summed E-state index contributed by atoms with van der Waals surface area (Å²) in [5.41, 5.74) is 2.74. The number of carbonyl (C=O) groups is 1. The van der Waals surface area contributed by atoms with Crippen LogP contribution in [0, 0.1) is 3.57 Å². The number of hydrogen-bond donors (Lipinski definition) is 0. The Hall–Kier alpha value is -2.68. The monoisotopic (exact) mass is 573 g/mol. The van der Waals surface area contributed by atoms with Gasteiger partial charge in [-0.3, -0.25) is 14.2 Å². The van der Waals surface area contributed by atoms with E-state index in [1.165, 1.54) is 4.57 Å². The third-order valence-corrected chi connectivity index (χ3v) is 6.58. The summed E-state index contributed by atoms with van der Waals surface area (Å²) in [5.74, 6) is 0.137. The molecule has 0 atom stereocenters. The average molecular weight is 574 g/mol. The number of fused-ring (bicyclic) bond motifs is 2. The van der Waals surface area contributed by atoms with Crippen LogP contribution in [0.5, 0.6) is 0 Å². The Morgan fingerprint density at radius 2 is 1.75 bits per heavy atom. The van der Waals surface area contributed by atoms with Gasteiger partial charge in [0.25, 0.3) is 11.5 Å². The summed E-state index contributed by atoms with van der Waals surface area (Å²) >= 11 is 14.7. The molecule has 2 heterocycles. The van der Waals surface area contributed by atoms with Gasteiger partial charge >= 0.3 is 0 Å². The van der Waals surface area contributed by atoms with Gasteiger partial charge in [0.2, 0.25) is 0 Å². The molecule has 1 amide bonds. The lowest BCUT2D eigenvalue weighted by molar-refractivity contribution is -0.112. The van der Waals surface area contributed by atoms with Gasteiger partial charge in [-0.1, -0.05) is 41.4 Å². The highest BCUT2D eigenvalue weighted by molar-refractivity contribution is 14.1. The Morgan fingerprint density at radius 3 is 2.53 bits per heavy atom. The van der Waals surface area contributed by atoms with Crippen molar-refractivity contribution in [2.24, 2.45) is 0 Å². The van der Waals surface area contributed by atoms with E-state index in [0.717, 1.165) is 14.8 Å². The van der Waals surface area contributed by atoms with E-state index in [4.69, 9.17) is 28.2 Å². The lowest BCUT2D eigenvalue weighted by atomic mass is 10.1. The Bertz CT molecular complexity index is 1530. The molecule has 8 heteroatoms. The largest absolute Gasteiger partial charge is 0.311 e. The molecule has 5 rings (SSSR count). The van der Waals surface area contributed by atoms with Gasteiger partial charge < -0.3 is 4.90 Å². The summed E-state index contributed by atoms with van der Waals surface area (Å²) < 4.78 is 2.34. The van der Waals surface area contributed by atoms with Crippen LogP contribution in [0.15, 0.2) is 65.5 Å². The van der Waals surface area contributed by atoms with E-state index >= 15 is 0 Å². The Balaban J connectivity index is 1.86. The minimum atomic E-state index is -0.281. The van der Waals surface area contributed by atoms with Crippen LogP contribution in [0.3, 0.4) is 0 Å². The van der Waals surface area contributed by atoms with Crippen molar-refractivity contribution in [1.29, 1.82) is 0 Å². The molecular formula is C24H14Cl2IN3O2. The lowest BCUT2D eigenvalue weighted by Gasteiger charge is -2.14. The molecule has 4 aromatic rings. The van der Waals surface area contributed by atoms with E-state index < -0.39 is 0 Å². The first kappa shape index (κ1) is 21.2. The first-order valence-corrected chi connectivity index (χ1v) is 11.5. The van der Waals surface area contributed by atoms with Crippen molar-refractivity contribution in [2.45, 2.75) is 0 Å². The van der Waals surface area contributed by atoms with E-state index in [9.17, 15) is 9.59 Å². The van der Waals surface area contributed by atoms with E-state index in [2.05, 4.69) is 22.6 Å². The molecule has 3 aromatic carbocycles. The quantitative estimate of drug-likeness (QED) is 0.224. The lowest BCUT2D eigenvalue weighted by Crippen LogP contribution is -2.24. The highest BCUT2D eigenvalue weighted by atomic mass is 127. The van der Waals surface area contributed by atoms with Crippen LogP contribution in [0.2, 0.25) is 10.0 Å². The van der Waals surface area contributed by atoms with Gasteiger partial charge in [-0.15, -0.1) is 0 Å². The molecule has 0 aliphatic carbocycles. The molecule has 0 unspecified atom stereocenters. The van der Waals surface area contributed by atoms with Crippen LogP contribution in [0.25, 0.3) is 28.2 Å². The molecule has 5 nitrogen and oxygen atoms in total. The molecule has 0 bridgehead atoms. The second kappa shape index (κ2) is 8.03. The second-order valence-corrected chi connectivity index (χ2v) is 9.40. The van der Waals surface area contributed by atoms with Crippen LogP contribution >= 0.6 is 45.8 Å². The summed E-state index contributed by atoms with van der Waals surface area (Å²) in [6, 6.07) is 17.9. The number of carbonyl (C=O) groups excluding carboxylic acids is 1. The number of benzene rings is 3. The normalized spacial score (nSPS) is 14.4. The summed E-state index contributed by atoms with van der Waals surface area (Å²) in [6.45, 7) is 0. The van der Waals surface area contributed by atoms with Crippen LogP contribution in [0.1, 0.15) is 11.4 Å².